The number of esters is 1. The van der Waals surface area contributed by atoms with E-state index in [0.717, 1.165) is 0 Å². The number of ether oxygens (including phenoxy) is 2. The van der Waals surface area contributed by atoms with E-state index in [1.54, 1.807) is 6.92 Å². The molecule has 0 saturated carbocycles. The Hall–Kier alpha value is -2.57. The number of hydrogen-bond acceptors (Lipinski definition) is 4. The van der Waals surface area contributed by atoms with Crippen LogP contribution in [0, 0.1) is 5.82 Å². The first kappa shape index (κ1) is 13.9. The molecule has 1 amide bonds. The molecule has 0 aliphatic heterocycles. The number of fused-ring (bicyclic) bond motifs is 1. The van der Waals surface area contributed by atoms with E-state index in [-0.39, 0.29) is 18.0 Å². The van der Waals surface area contributed by atoms with Gasteiger partial charge in [0, 0.05) is 10.9 Å². The average Bonchev–Trinajstić information content (AvgIpc) is 2.77. The van der Waals surface area contributed by atoms with E-state index in [0.29, 0.717) is 10.9 Å². The van der Waals surface area contributed by atoms with Crippen molar-refractivity contribution in [2.45, 2.75) is 6.92 Å². The Morgan fingerprint density at radius 3 is 2.80 bits per heavy atom. The number of H-pyrrole nitrogens is 1. The fraction of sp³-hybridized carbons (Fsp3) is 0.231. The van der Waals surface area contributed by atoms with E-state index >= 15 is 0 Å². The van der Waals surface area contributed by atoms with Crippen molar-refractivity contribution in [1.29, 1.82) is 0 Å². The predicted octanol–water partition coefficient (Wildman–Crippen LogP) is 2.66. The van der Waals surface area contributed by atoms with Gasteiger partial charge in [-0.25, -0.2) is 14.0 Å². The number of carbonyl (C=O) groups excluding carboxylic acids is 2. The van der Waals surface area contributed by atoms with Gasteiger partial charge in [-0.3, -0.25) is 5.32 Å². The highest BCUT2D eigenvalue weighted by Crippen LogP contribution is 2.29. The highest BCUT2D eigenvalue weighted by molar-refractivity contribution is 6.09. The third-order valence-corrected chi connectivity index (χ3v) is 2.65. The first-order valence-electron chi connectivity index (χ1n) is 5.90. The molecule has 0 aliphatic carbocycles. The highest BCUT2D eigenvalue weighted by Gasteiger charge is 2.21. The lowest BCUT2D eigenvalue weighted by Crippen LogP contribution is -2.15. The van der Waals surface area contributed by atoms with E-state index < -0.39 is 17.9 Å². The number of methoxy groups -OCH3 is 1. The molecule has 0 saturated heterocycles. The molecule has 1 heterocycles. The number of nitrogens with one attached hydrogen (secondary N) is 2. The first-order chi connectivity index (χ1) is 9.56. The number of aromatic nitrogens is 1. The van der Waals surface area contributed by atoms with Crippen LogP contribution in [0.15, 0.2) is 18.2 Å². The van der Waals surface area contributed by atoms with Crippen LogP contribution in [0.4, 0.5) is 14.9 Å². The van der Waals surface area contributed by atoms with Crippen LogP contribution in [-0.4, -0.2) is 30.8 Å². The van der Waals surface area contributed by atoms with E-state index in [2.05, 4.69) is 15.0 Å². The van der Waals surface area contributed by atoms with Gasteiger partial charge in [-0.2, -0.15) is 0 Å². The summed E-state index contributed by atoms with van der Waals surface area (Å²) in [6.45, 7) is 1.84. The Bertz CT molecular complexity index is 666. The molecule has 0 radical (unpaired) electrons. The molecule has 6 nitrogen and oxygen atoms in total. The van der Waals surface area contributed by atoms with Crippen LogP contribution < -0.4 is 5.32 Å². The van der Waals surface area contributed by atoms with Gasteiger partial charge in [0.05, 0.1) is 19.4 Å². The monoisotopic (exact) mass is 280 g/mol. The summed E-state index contributed by atoms with van der Waals surface area (Å²) in [6, 6.07) is 3.92. The SMILES string of the molecule is CCOC(=O)c1[nH]c2ccc(F)cc2c1NC(=O)OC. The van der Waals surface area contributed by atoms with Gasteiger partial charge in [-0.15, -0.1) is 0 Å². The average molecular weight is 280 g/mol. The van der Waals surface area contributed by atoms with Crippen LogP contribution >= 0.6 is 0 Å². The highest BCUT2D eigenvalue weighted by atomic mass is 19.1. The van der Waals surface area contributed by atoms with Gasteiger partial charge in [0.1, 0.15) is 11.5 Å². The lowest BCUT2D eigenvalue weighted by molar-refractivity contribution is 0.0522. The van der Waals surface area contributed by atoms with Crippen molar-refractivity contribution in [1.82, 2.24) is 4.98 Å². The van der Waals surface area contributed by atoms with E-state index in [9.17, 15) is 14.0 Å². The number of hydrogen-bond donors (Lipinski definition) is 2. The number of halogens is 1. The van der Waals surface area contributed by atoms with Crippen LogP contribution in [0.25, 0.3) is 10.9 Å². The molecule has 0 fully saturated rings. The zero-order chi connectivity index (χ0) is 14.7. The van der Waals surface area contributed by atoms with Crippen molar-refractivity contribution in [3.63, 3.8) is 0 Å². The Morgan fingerprint density at radius 2 is 2.15 bits per heavy atom. The molecule has 1 aromatic carbocycles. The number of amides is 1. The summed E-state index contributed by atoms with van der Waals surface area (Å²) in [5, 5.41) is 2.75. The van der Waals surface area contributed by atoms with Gasteiger partial charge in [0.15, 0.2) is 0 Å². The molecular weight excluding hydrogens is 267 g/mol. The van der Waals surface area contributed by atoms with Gasteiger partial charge in [0.2, 0.25) is 0 Å². The summed E-state index contributed by atoms with van der Waals surface area (Å²) in [6.07, 6.45) is -0.763. The van der Waals surface area contributed by atoms with Gasteiger partial charge in [-0.1, -0.05) is 0 Å². The van der Waals surface area contributed by atoms with Crippen molar-refractivity contribution in [3.05, 3.63) is 29.7 Å². The van der Waals surface area contributed by atoms with E-state index in [1.807, 2.05) is 0 Å². The van der Waals surface area contributed by atoms with Crippen LogP contribution in [0.3, 0.4) is 0 Å². The normalized spacial score (nSPS) is 10.3. The fourth-order valence-corrected chi connectivity index (χ4v) is 1.80. The topological polar surface area (TPSA) is 80.4 Å². The number of aromatic amines is 1. The Morgan fingerprint density at radius 1 is 1.40 bits per heavy atom. The van der Waals surface area contributed by atoms with Gasteiger partial charge in [0.25, 0.3) is 0 Å². The first-order valence-corrected chi connectivity index (χ1v) is 5.90. The Kier molecular flexibility index (Phi) is 3.88. The van der Waals surface area contributed by atoms with Crippen molar-refractivity contribution in [2.75, 3.05) is 19.0 Å². The standard InChI is InChI=1S/C13H13FN2O4/c1-3-20-12(17)11-10(16-13(18)19-2)8-6-7(14)4-5-9(8)15-11/h4-6,15H,3H2,1-2H3,(H,16,18). The molecule has 0 unspecified atom stereocenters. The second-order valence-corrected chi connectivity index (χ2v) is 3.90. The second-order valence-electron chi connectivity index (χ2n) is 3.90. The molecule has 0 bridgehead atoms. The molecule has 20 heavy (non-hydrogen) atoms. The number of carbonyl (C=O) groups is 2. The van der Waals surface area contributed by atoms with E-state index in [1.165, 1.54) is 25.3 Å². The molecule has 7 heteroatoms. The van der Waals surface area contributed by atoms with Crippen LogP contribution in [0.2, 0.25) is 0 Å². The molecule has 0 atom stereocenters. The molecule has 2 rings (SSSR count). The second kappa shape index (κ2) is 5.60. The van der Waals surface area contributed by atoms with Crippen LogP contribution in [0.5, 0.6) is 0 Å². The predicted molar refractivity (Wildman–Crippen MR) is 70.2 cm³/mol. The number of benzene rings is 1. The summed E-state index contributed by atoms with van der Waals surface area (Å²) >= 11 is 0. The van der Waals surface area contributed by atoms with Gasteiger partial charge >= 0.3 is 12.1 Å². The van der Waals surface area contributed by atoms with Gasteiger partial charge in [-0.05, 0) is 25.1 Å². The molecule has 2 N–H and O–H groups in total. The summed E-state index contributed by atoms with van der Waals surface area (Å²) in [5.41, 5.74) is 0.670. The van der Waals surface area contributed by atoms with E-state index in [4.69, 9.17) is 4.74 Å². The van der Waals surface area contributed by atoms with Crippen molar-refractivity contribution in [3.8, 4) is 0 Å². The summed E-state index contributed by atoms with van der Waals surface area (Å²) in [5.74, 6) is -1.13. The third-order valence-electron chi connectivity index (χ3n) is 2.65. The Labute approximate surface area is 113 Å². The number of anilines is 1. The molecular formula is C13H13FN2O4. The molecule has 0 spiro atoms. The van der Waals surface area contributed by atoms with Crippen molar-refractivity contribution < 1.29 is 23.5 Å². The summed E-state index contributed by atoms with van der Waals surface area (Å²) in [7, 11) is 1.19. The lowest BCUT2D eigenvalue weighted by Gasteiger charge is -2.05. The minimum Gasteiger partial charge on any atom is -0.461 e. The van der Waals surface area contributed by atoms with Crippen LogP contribution in [0.1, 0.15) is 17.4 Å². The molecule has 106 valence electrons. The minimum atomic E-state index is -0.763. The molecule has 0 aliphatic rings. The largest absolute Gasteiger partial charge is 0.461 e. The zero-order valence-electron chi connectivity index (χ0n) is 11.0. The third kappa shape index (κ3) is 2.56. The molecule has 1 aromatic heterocycles. The van der Waals surface area contributed by atoms with Crippen LogP contribution in [-0.2, 0) is 9.47 Å². The Balaban J connectivity index is 2.57. The van der Waals surface area contributed by atoms with Gasteiger partial charge < -0.3 is 14.5 Å². The van der Waals surface area contributed by atoms with Crippen molar-refractivity contribution in [2.24, 2.45) is 0 Å². The maximum absolute atomic E-state index is 13.3. The van der Waals surface area contributed by atoms with Crippen molar-refractivity contribution >= 4 is 28.7 Å². The number of rotatable bonds is 3. The fourth-order valence-electron chi connectivity index (χ4n) is 1.80. The zero-order valence-corrected chi connectivity index (χ0v) is 11.0. The molecule has 2 aromatic rings. The lowest BCUT2D eigenvalue weighted by atomic mass is 10.2. The maximum Gasteiger partial charge on any atom is 0.411 e. The minimum absolute atomic E-state index is 0.0397. The quantitative estimate of drug-likeness (QED) is 0.847. The summed E-state index contributed by atoms with van der Waals surface area (Å²) < 4.78 is 22.7. The maximum atomic E-state index is 13.3. The summed E-state index contributed by atoms with van der Waals surface area (Å²) in [4.78, 5) is 26.0. The smallest absolute Gasteiger partial charge is 0.411 e.